The molecule has 1 fully saturated rings. The van der Waals surface area contributed by atoms with Crippen molar-refractivity contribution >= 4 is 51.3 Å². The van der Waals surface area contributed by atoms with E-state index < -0.39 is 12.1 Å². The second-order valence-corrected chi connectivity index (χ2v) is 13.7. The van der Waals surface area contributed by atoms with E-state index in [0.717, 1.165) is 52.4 Å². The van der Waals surface area contributed by atoms with Crippen molar-refractivity contribution in [2.45, 2.75) is 45.6 Å². The Bertz CT molecular complexity index is 1980. The summed E-state index contributed by atoms with van der Waals surface area (Å²) in [6.07, 6.45) is 3.57. The summed E-state index contributed by atoms with van der Waals surface area (Å²) in [7, 11) is 2.75. The van der Waals surface area contributed by atoms with Crippen molar-refractivity contribution in [2.75, 3.05) is 43.3 Å². The number of carbonyl (C=O) groups is 2. The van der Waals surface area contributed by atoms with Crippen LogP contribution in [-0.4, -0.2) is 54.3 Å². The highest BCUT2D eigenvalue weighted by Crippen LogP contribution is 2.40. The summed E-state index contributed by atoms with van der Waals surface area (Å²) in [4.78, 5) is 37.4. The SMILES string of the molecule is COC(=O)Nc1cc(C(C)(C)C)cc(NC(=O)Nc2ccc(Oc3ccnc(-c4nc(CN5CCCC5)cs4)c3)c3ccccc23)c1OC. The molecule has 5 aromatic rings. The van der Waals surface area contributed by atoms with Gasteiger partial charge in [-0.3, -0.25) is 15.2 Å². The van der Waals surface area contributed by atoms with Crippen LogP contribution in [0.25, 0.3) is 21.5 Å². The van der Waals surface area contributed by atoms with Gasteiger partial charge in [-0.15, -0.1) is 11.3 Å². The van der Waals surface area contributed by atoms with E-state index in [0.29, 0.717) is 34.3 Å². The van der Waals surface area contributed by atoms with Crippen LogP contribution in [0.4, 0.5) is 26.7 Å². The molecule has 3 heterocycles. The van der Waals surface area contributed by atoms with Gasteiger partial charge in [-0.25, -0.2) is 14.6 Å². The standard InChI is InChI=1S/C37H40N6O5S/c1-37(2,3)23-18-29(33(46-4)30(19-23)42-36(45)47-5)41-35(44)40-28-12-13-32(27-11-7-6-10-26(27)28)48-25-14-15-38-31(20-25)34-39-24(22-49-34)21-43-16-8-9-17-43/h6-7,10-15,18-20,22H,8-9,16-17,21H2,1-5H3,(H,42,45)(H2,40,41,44). The number of ether oxygens (including phenoxy) is 3. The number of nitrogens with zero attached hydrogens (tertiary/aromatic N) is 3. The number of aromatic nitrogens is 2. The summed E-state index contributed by atoms with van der Waals surface area (Å²) in [6, 6.07) is 18.2. The number of pyridine rings is 1. The van der Waals surface area contributed by atoms with E-state index in [-0.39, 0.29) is 5.41 Å². The van der Waals surface area contributed by atoms with Crippen LogP contribution in [0, 0.1) is 0 Å². The Kier molecular flexibility index (Phi) is 9.97. The van der Waals surface area contributed by atoms with Crippen molar-refractivity contribution in [3.63, 3.8) is 0 Å². The molecule has 2 aromatic heterocycles. The Morgan fingerprint density at radius 3 is 2.33 bits per heavy atom. The Hall–Kier alpha value is -5.20. The average Bonchev–Trinajstić information content (AvgIpc) is 3.78. The van der Waals surface area contributed by atoms with Gasteiger partial charge >= 0.3 is 12.1 Å². The topological polar surface area (TPSA) is 127 Å². The van der Waals surface area contributed by atoms with Crippen LogP contribution < -0.4 is 25.4 Å². The second kappa shape index (κ2) is 14.5. The number of urea groups is 1. The van der Waals surface area contributed by atoms with Crippen molar-refractivity contribution in [3.05, 3.63) is 83.5 Å². The molecule has 6 rings (SSSR count). The highest BCUT2D eigenvalue weighted by molar-refractivity contribution is 7.13. The lowest BCUT2D eigenvalue weighted by Crippen LogP contribution is -2.22. The number of thiazole rings is 1. The number of nitrogens with one attached hydrogen (secondary N) is 3. The maximum absolute atomic E-state index is 13.5. The van der Waals surface area contributed by atoms with Crippen molar-refractivity contribution in [3.8, 4) is 28.0 Å². The number of anilines is 3. The predicted molar refractivity (Wildman–Crippen MR) is 194 cm³/mol. The van der Waals surface area contributed by atoms with Crippen molar-refractivity contribution < 1.29 is 23.8 Å². The zero-order chi connectivity index (χ0) is 34.5. The van der Waals surface area contributed by atoms with Gasteiger partial charge in [-0.1, -0.05) is 45.0 Å². The van der Waals surface area contributed by atoms with E-state index in [1.54, 1.807) is 29.7 Å². The first kappa shape index (κ1) is 33.7. The van der Waals surface area contributed by atoms with Crippen molar-refractivity contribution in [1.82, 2.24) is 14.9 Å². The largest absolute Gasteiger partial charge is 0.492 e. The molecule has 0 unspecified atom stereocenters. The Morgan fingerprint density at radius 1 is 0.898 bits per heavy atom. The maximum atomic E-state index is 13.5. The molecule has 1 aliphatic rings. The van der Waals surface area contributed by atoms with Gasteiger partial charge in [-0.2, -0.15) is 0 Å². The van der Waals surface area contributed by atoms with Crippen LogP contribution in [0.1, 0.15) is 44.9 Å². The summed E-state index contributed by atoms with van der Waals surface area (Å²) in [5.74, 6) is 1.55. The zero-order valence-electron chi connectivity index (χ0n) is 28.3. The molecule has 254 valence electrons. The van der Waals surface area contributed by atoms with Gasteiger partial charge < -0.3 is 24.8 Å². The van der Waals surface area contributed by atoms with E-state index in [1.165, 1.54) is 27.1 Å². The number of likely N-dealkylation sites (tertiary alicyclic amines) is 1. The molecule has 3 amide bonds. The zero-order valence-corrected chi connectivity index (χ0v) is 29.1. The molecule has 0 radical (unpaired) electrons. The van der Waals surface area contributed by atoms with Gasteiger partial charge in [0.05, 0.1) is 37.0 Å². The predicted octanol–water partition coefficient (Wildman–Crippen LogP) is 8.87. The molecule has 49 heavy (non-hydrogen) atoms. The quantitative estimate of drug-likeness (QED) is 0.141. The minimum absolute atomic E-state index is 0.288. The molecule has 0 aliphatic carbocycles. The smallest absolute Gasteiger partial charge is 0.411 e. The normalized spacial score (nSPS) is 13.2. The van der Waals surface area contributed by atoms with E-state index >= 15 is 0 Å². The van der Waals surface area contributed by atoms with Gasteiger partial charge in [0.2, 0.25) is 0 Å². The van der Waals surface area contributed by atoms with Crippen LogP contribution in [0.2, 0.25) is 0 Å². The molecule has 11 nitrogen and oxygen atoms in total. The molecule has 1 aliphatic heterocycles. The molecule has 0 atom stereocenters. The third-order valence-corrected chi connectivity index (χ3v) is 9.19. The summed E-state index contributed by atoms with van der Waals surface area (Å²) >= 11 is 1.59. The molecule has 0 bridgehead atoms. The monoisotopic (exact) mass is 680 g/mol. The number of fused-ring (bicyclic) bond motifs is 1. The summed E-state index contributed by atoms with van der Waals surface area (Å²) in [5, 5.41) is 13.1. The number of hydrogen-bond donors (Lipinski definition) is 3. The highest BCUT2D eigenvalue weighted by atomic mass is 32.1. The Labute approximate surface area is 289 Å². The molecule has 12 heteroatoms. The fourth-order valence-corrected chi connectivity index (χ4v) is 6.54. The molecule has 1 saturated heterocycles. The number of carbonyl (C=O) groups excluding carboxylic acids is 2. The lowest BCUT2D eigenvalue weighted by atomic mass is 9.86. The number of amides is 3. The number of hydrogen-bond acceptors (Lipinski definition) is 9. The average molecular weight is 681 g/mol. The number of methoxy groups -OCH3 is 2. The van der Waals surface area contributed by atoms with Crippen LogP contribution in [0.3, 0.4) is 0 Å². The van der Waals surface area contributed by atoms with Gasteiger partial charge in [0.1, 0.15) is 22.2 Å². The lowest BCUT2D eigenvalue weighted by Gasteiger charge is -2.24. The van der Waals surface area contributed by atoms with E-state index in [9.17, 15) is 9.59 Å². The third kappa shape index (κ3) is 7.93. The van der Waals surface area contributed by atoms with Crippen LogP contribution in [-0.2, 0) is 16.7 Å². The molecule has 3 N–H and O–H groups in total. The molecule has 0 spiro atoms. The highest BCUT2D eigenvalue weighted by Gasteiger charge is 2.22. The Balaban J connectivity index is 1.22. The fraction of sp³-hybridized carbons (Fsp3) is 0.297. The van der Waals surface area contributed by atoms with Crippen LogP contribution in [0.5, 0.6) is 17.2 Å². The van der Waals surface area contributed by atoms with Crippen LogP contribution in [0.15, 0.2) is 72.2 Å². The van der Waals surface area contributed by atoms with Gasteiger partial charge in [0, 0.05) is 35.0 Å². The summed E-state index contributed by atoms with van der Waals surface area (Å²) < 4.78 is 16.8. The molecular formula is C37H40N6O5S. The molecule has 0 saturated carbocycles. The van der Waals surface area contributed by atoms with Gasteiger partial charge in [0.25, 0.3) is 0 Å². The first-order valence-electron chi connectivity index (χ1n) is 16.1. The van der Waals surface area contributed by atoms with Crippen LogP contribution >= 0.6 is 11.3 Å². The third-order valence-electron chi connectivity index (χ3n) is 8.28. The van der Waals surface area contributed by atoms with Crippen molar-refractivity contribution in [1.29, 1.82) is 0 Å². The second-order valence-electron chi connectivity index (χ2n) is 12.8. The minimum atomic E-state index is -0.651. The van der Waals surface area contributed by atoms with Gasteiger partial charge in [0.15, 0.2) is 5.75 Å². The molecular weight excluding hydrogens is 641 g/mol. The maximum Gasteiger partial charge on any atom is 0.411 e. The number of benzene rings is 3. The summed E-state index contributed by atoms with van der Waals surface area (Å²) in [5.41, 5.74) is 3.75. The first-order chi connectivity index (χ1) is 23.6. The van der Waals surface area contributed by atoms with Crippen molar-refractivity contribution in [2.24, 2.45) is 0 Å². The Morgan fingerprint density at radius 2 is 1.61 bits per heavy atom. The van der Waals surface area contributed by atoms with E-state index in [2.05, 4.69) is 31.2 Å². The minimum Gasteiger partial charge on any atom is -0.492 e. The number of rotatable bonds is 9. The first-order valence-corrected chi connectivity index (χ1v) is 17.0. The summed E-state index contributed by atoms with van der Waals surface area (Å²) in [6.45, 7) is 9.22. The van der Waals surface area contributed by atoms with Gasteiger partial charge in [-0.05, 0) is 67.2 Å². The lowest BCUT2D eigenvalue weighted by molar-refractivity contribution is 0.187. The van der Waals surface area contributed by atoms with E-state index in [1.807, 2.05) is 69.3 Å². The van der Waals surface area contributed by atoms with E-state index in [4.69, 9.17) is 19.2 Å². The molecule has 3 aromatic carbocycles. The fourth-order valence-electron chi connectivity index (χ4n) is 5.76.